The van der Waals surface area contributed by atoms with Crippen LogP contribution in [-0.2, 0) is 0 Å². The molecule has 2 aromatic rings. The first-order valence-corrected chi connectivity index (χ1v) is 7.72. The number of hydrogen-bond donors (Lipinski definition) is 0. The normalized spacial score (nSPS) is 21.6. The van der Waals surface area contributed by atoms with Gasteiger partial charge in [-0.05, 0) is 37.4 Å². The lowest BCUT2D eigenvalue weighted by atomic mass is 9.92. The third kappa shape index (κ3) is 2.78. The molecule has 1 fully saturated rings. The summed E-state index contributed by atoms with van der Waals surface area (Å²) in [4.78, 5) is 2.67. The van der Waals surface area contributed by atoms with Crippen molar-refractivity contribution in [1.29, 1.82) is 0 Å². The quantitative estimate of drug-likeness (QED) is 0.757. The van der Waals surface area contributed by atoms with E-state index in [-0.39, 0.29) is 0 Å². The van der Waals surface area contributed by atoms with Crippen LogP contribution in [0.15, 0.2) is 60.7 Å². The second-order valence-corrected chi connectivity index (χ2v) is 5.75. The molecule has 1 nitrogen and oxygen atoms in total. The monoisotopic (exact) mass is 265 g/mol. The number of piperidine rings is 1. The van der Waals surface area contributed by atoms with Crippen LogP contribution < -0.4 is 0 Å². The van der Waals surface area contributed by atoms with Crippen LogP contribution in [0.1, 0.15) is 49.4 Å². The van der Waals surface area contributed by atoms with Crippen molar-refractivity contribution in [1.82, 2.24) is 4.90 Å². The van der Waals surface area contributed by atoms with Crippen LogP contribution in [0.25, 0.3) is 0 Å². The molecule has 1 saturated heterocycles. The Morgan fingerprint density at radius 1 is 0.900 bits per heavy atom. The smallest absolute Gasteiger partial charge is 0.0354 e. The summed E-state index contributed by atoms with van der Waals surface area (Å²) in [5.74, 6) is 0. The SMILES string of the molecule is C[C@H](c1ccccc1)N1CCCC[C@@H]1c1ccccc1. The van der Waals surface area contributed by atoms with Gasteiger partial charge in [0.15, 0.2) is 0 Å². The van der Waals surface area contributed by atoms with E-state index in [1.165, 1.54) is 36.9 Å². The number of nitrogens with zero attached hydrogens (tertiary/aromatic N) is 1. The Morgan fingerprint density at radius 2 is 1.55 bits per heavy atom. The van der Waals surface area contributed by atoms with Crippen LogP contribution in [-0.4, -0.2) is 11.4 Å². The summed E-state index contributed by atoms with van der Waals surface area (Å²) in [7, 11) is 0. The fraction of sp³-hybridized carbons (Fsp3) is 0.368. The highest BCUT2D eigenvalue weighted by Crippen LogP contribution is 2.37. The Morgan fingerprint density at radius 3 is 2.25 bits per heavy atom. The molecule has 2 atom stereocenters. The average molecular weight is 265 g/mol. The maximum atomic E-state index is 2.67. The molecule has 0 aromatic heterocycles. The van der Waals surface area contributed by atoms with Gasteiger partial charge in [0, 0.05) is 12.1 Å². The molecule has 0 bridgehead atoms. The van der Waals surface area contributed by atoms with Gasteiger partial charge >= 0.3 is 0 Å². The summed E-state index contributed by atoms with van der Waals surface area (Å²) in [6, 6.07) is 22.9. The first-order valence-electron chi connectivity index (χ1n) is 7.72. The predicted molar refractivity (Wildman–Crippen MR) is 84.6 cm³/mol. The van der Waals surface area contributed by atoms with E-state index in [0.29, 0.717) is 12.1 Å². The summed E-state index contributed by atoms with van der Waals surface area (Å²) in [6.07, 6.45) is 3.94. The molecule has 0 amide bonds. The molecule has 0 radical (unpaired) electrons. The average Bonchev–Trinajstić information content (AvgIpc) is 2.56. The van der Waals surface area contributed by atoms with Crippen LogP contribution in [0, 0.1) is 0 Å². The minimum absolute atomic E-state index is 0.488. The molecule has 1 aliphatic heterocycles. The van der Waals surface area contributed by atoms with E-state index in [0.717, 1.165) is 0 Å². The van der Waals surface area contributed by atoms with Gasteiger partial charge in [0.2, 0.25) is 0 Å². The molecule has 20 heavy (non-hydrogen) atoms. The molecule has 0 saturated carbocycles. The van der Waals surface area contributed by atoms with Gasteiger partial charge in [-0.25, -0.2) is 0 Å². The van der Waals surface area contributed by atoms with Crippen molar-refractivity contribution in [2.24, 2.45) is 0 Å². The minimum Gasteiger partial charge on any atom is -0.290 e. The van der Waals surface area contributed by atoms with Crippen LogP contribution in [0.3, 0.4) is 0 Å². The molecule has 0 spiro atoms. The molecular formula is C19H23N. The van der Waals surface area contributed by atoms with Crippen molar-refractivity contribution < 1.29 is 0 Å². The lowest BCUT2D eigenvalue weighted by Gasteiger charge is -2.40. The Kier molecular flexibility index (Phi) is 4.17. The number of rotatable bonds is 3. The van der Waals surface area contributed by atoms with Crippen LogP contribution >= 0.6 is 0 Å². The van der Waals surface area contributed by atoms with Crippen molar-refractivity contribution >= 4 is 0 Å². The van der Waals surface area contributed by atoms with Gasteiger partial charge in [0.05, 0.1) is 0 Å². The van der Waals surface area contributed by atoms with Gasteiger partial charge in [-0.15, -0.1) is 0 Å². The molecule has 1 heteroatoms. The molecule has 104 valence electrons. The fourth-order valence-corrected chi connectivity index (χ4v) is 3.37. The Balaban J connectivity index is 1.86. The van der Waals surface area contributed by atoms with Crippen LogP contribution in [0.2, 0.25) is 0 Å². The van der Waals surface area contributed by atoms with Crippen molar-refractivity contribution in [3.63, 3.8) is 0 Å². The lowest BCUT2D eigenvalue weighted by Crippen LogP contribution is -2.35. The van der Waals surface area contributed by atoms with E-state index in [2.05, 4.69) is 72.5 Å². The van der Waals surface area contributed by atoms with E-state index >= 15 is 0 Å². The zero-order valence-corrected chi connectivity index (χ0v) is 12.2. The largest absolute Gasteiger partial charge is 0.290 e. The topological polar surface area (TPSA) is 3.24 Å². The van der Waals surface area contributed by atoms with E-state index in [4.69, 9.17) is 0 Å². The molecule has 0 aliphatic carbocycles. The summed E-state index contributed by atoms with van der Waals surface area (Å²) in [5.41, 5.74) is 2.89. The highest BCUT2D eigenvalue weighted by atomic mass is 15.2. The summed E-state index contributed by atoms with van der Waals surface area (Å²) in [5, 5.41) is 0. The van der Waals surface area contributed by atoms with Gasteiger partial charge in [-0.3, -0.25) is 4.90 Å². The second-order valence-electron chi connectivity index (χ2n) is 5.75. The van der Waals surface area contributed by atoms with Gasteiger partial charge in [-0.1, -0.05) is 67.1 Å². The van der Waals surface area contributed by atoms with Crippen LogP contribution in [0.5, 0.6) is 0 Å². The van der Waals surface area contributed by atoms with Crippen molar-refractivity contribution in [3.8, 4) is 0 Å². The number of likely N-dealkylation sites (tertiary alicyclic amines) is 1. The van der Waals surface area contributed by atoms with Crippen molar-refractivity contribution in [2.45, 2.75) is 38.3 Å². The minimum atomic E-state index is 0.488. The fourth-order valence-electron chi connectivity index (χ4n) is 3.37. The van der Waals surface area contributed by atoms with E-state index in [1.54, 1.807) is 0 Å². The molecule has 1 aliphatic rings. The van der Waals surface area contributed by atoms with Gasteiger partial charge in [0.25, 0.3) is 0 Å². The maximum absolute atomic E-state index is 2.67. The first-order chi connectivity index (χ1) is 9.86. The van der Waals surface area contributed by atoms with E-state index in [9.17, 15) is 0 Å². The van der Waals surface area contributed by atoms with Crippen molar-refractivity contribution in [3.05, 3.63) is 71.8 Å². The van der Waals surface area contributed by atoms with Crippen molar-refractivity contribution in [2.75, 3.05) is 6.54 Å². The Hall–Kier alpha value is -1.60. The van der Waals surface area contributed by atoms with Gasteiger partial charge < -0.3 is 0 Å². The highest BCUT2D eigenvalue weighted by Gasteiger charge is 2.28. The predicted octanol–water partition coefficient (Wildman–Crippen LogP) is 4.97. The number of benzene rings is 2. The molecule has 0 N–H and O–H groups in total. The van der Waals surface area contributed by atoms with E-state index in [1.807, 2.05) is 0 Å². The summed E-state index contributed by atoms with van der Waals surface area (Å²) in [6.45, 7) is 3.55. The number of hydrogen-bond acceptors (Lipinski definition) is 1. The molecule has 2 aromatic carbocycles. The molecule has 1 heterocycles. The van der Waals surface area contributed by atoms with Gasteiger partial charge in [-0.2, -0.15) is 0 Å². The molecule has 3 rings (SSSR count). The standard InChI is InChI=1S/C19H23N/c1-16(17-10-4-2-5-11-17)20-15-9-8-14-19(20)18-12-6-3-7-13-18/h2-7,10-13,16,19H,8-9,14-15H2,1H3/t16-,19-/m1/s1. The third-order valence-corrected chi connectivity index (χ3v) is 4.51. The summed E-state index contributed by atoms with van der Waals surface area (Å²) < 4.78 is 0. The molecular weight excluding hydrogens is 242 g/mol. The lowest BCUT2D eigenvalue weighted by molar-refractivity contribution is 0.103. The first kappa shape index (κ1) is 13.4. The maximum Gasteiger partial charge on any atom is 0.0354 e. The third-order valence-electron chi connectivity index (χ3n) is 4.51. The Bertz CT molecular complexity index is 520. The zero-order valence-electron chi connectivity index (χ0n) is 12.2. The highest BCUT2D eigenvalue weighted by molar-refractivity contribution is 5.23. The second kappa shape index (κ2) is 6.23. The van der Waals surface area contributed by atoms with Gasteiger partial charge in [0.1, 0.15) is 0 Å². The van der Waals surface area contributed by atoms with E-state index < -0.39 is 0 Å². The van der Waals surface area contributed by atoms with Crippen LogP contribution in [0.4, 0.5) is 0 Å². The molecule has 0 unspecified atom stereocenters. The summed E-state index contributed by atoms with van der Waals surface area (Å²) >= 11 is 0. The Labute approximate surface area is 122 Å². The zero-order chi connectivity index (χ0) is 13.8.